The number of aromatic amines is 1. The normalized spacial score (nSPS) is 17.0. The molecule has 180 valence electrons. The van der Waals surface area contributed by atoms with E-state index >= 15 is 0 Å². The minimum absolute atomic E-state index is 0.0318. The maximum atomic E-state index is 13.1. The standard InChI is InChI=1S/C25H30N4O4S/c1-4-19-7-5-6-12-29(19)34(32,33)20-10-8-18(9-11-20)26-25(31)23-15-22(27-28-23)21-14-16(2)13-17(3)24(21)30/h8-11,13-15,19,30H,4-7,12H2,1-3H3,(H,26,31)(H,27,28). The summed E-state index contributed by atoms with van der Waals surface area (Å²) in [6.45, 7) is 6.29. The van der Waals surface area contributed by atoms with E-state index in [9.17, 15) is 18.3 Å². The molecule has 1 aliphatic rings. The van der Waals surface area contributed by atoms with E-state index in [0.717, 1.165) is 36.8 Å². The van der Waals surface area contributed by atoms with Crippen LogP contribution in [0, 0.1) is 13.8 Å². The van der Waals surface area contributed by atoms with Crippen molar-refractivity contribution in [1.29, 1.82) is 0 Å². The molecule has 0 bridgehead atoms. The smallest absolute Gasteiger partial charge is 0.273 e. The highest BCUT2D eigenvalue weighted by atomic mass is 32.2. The highest BCUT2D eigenvalue weighted by molar-refractivity contribution is 7.89. The summed E-state index contributed by atoms with van der Waals surface area (Å²) < 4.78 is 27.9. The van der Waals surface area contributed by atoms with Crippen LogP contribution in [-0.2, 0) is 10.0 Å². The molecule has 2 aromatic carbocycles. The molecule has 1 amide bonds. The van der Waals surface area contributed by atoms with Crippen LogP contribution in [0.3, 0.4) is 0 Å². The fourth-order valence-electron chi connectivity index (χ4n) is 4.47. The summed E-state index contributed by atoms with van der Waals surface area (Å²) in [6.07, 6.45) is 3.60. The first kappa shape index (κ1) is 24.0. The quantitative estimate of drug-likeness (QED) is 0.475. The number of hydrogen-bond donors (Lipinski definition) is 3. The largest absolute Gasteiger partial charge is 0.507 e. The first-order valence-electron chi connectivity index (χ1n) is 11.5. The Balaban J connectivity index is 1.49. The van der Waals surface area contributed by atoms with Gasteiger partial charge in [-0.05, 0) is 80.6 Å². The van der Waals surface area contributed by atoms with Crippen LogP contribution < -0.4 is 5.32 Å². The number of amides is 1. The third-order valence-corrected chi connectivity index (χ3v) is 8.27. The van der Waals surface area contributed by atoms with Gasteiger partial charge in [-0.2, -0.15) is 9.40 Å². The van der Waals surface area contributed by atoms with Gasteiger partial charge in [-0.3, -0.25) is 9.89 Å². The van der Waals surface area contributed by atoms with Crippen LogP contribution in [-0.4, -0.2) is 46.5 Å². The fourth-order valence-corrected chi connectivity index (χ4v) is 6.24. The fraction of sp³-hybridized carbons (Fsp3) is 0.360. The van der Waals surface area contributed by atoms with Crippen molar-refractivity contribution in [3.8, 4) is 17.0 Å². The van der Waals surface area contributed by atoms with Crippen molar-refractivity contribution in [2.45, 2.75) is 57.4 Å². The lowest BCUT2D eigenvalue weighted by atomic mass is 10.0. The number of nitrogens with one attached hydrogen (secondary N) is 2. The zero-order valence-electron chi connectivity index (χ0n) is 19.6. The minimum atomic E-state index is -3.58. The van der Waals surface area contributed by atoms with Crippen molar-refractivity contribution in [1.82, 2.24) is 14.5 Å². The number of phenols is 1. The Kier molecular flexibility index (Phi) is 6.77. The molecule has 1 aromatic heterocycles. The molecular formula is C25H30N4O4S. The second kappa shape index (κ2) is 9.60. The Bertz CT molecular complexity index is 1300. The summed E-state index contributed by atoms with van der Waals surface area (Å²) >= 11 is 0. The molecule has 0 saturated carbocycles. The molecule has 1 aliphatic heterocycles. The molecule has 8 nitrogen and oxygen atoms in total. The Labute approximate surface area is 200 Å². The number of sulfonamides is 1. The van der Waals surface area contributed by atoms with Gasteiger partial charge in [0, 0.05) is 23.8 Å². The number of anilines is 1. The van der Waals surface area contributed by atoms with Gasteiger partial charge in [-0.1, -0.05) is 19.4 Å². The lowest BCUT2D eigenvalue weighted by molar-refractivity contribution is 0.102. The lowest BCUT2D eigenvalue weighted by Gasteiger charge is -2.34. The van der Waals surface area contributed by atoms with E-state index in [1.165, 1.54) is 12.1 Å². The van der Waals surface area contributed by atoms with E-state index < -0.39 is 15.9 Å². The zero-order chi connectivity index (χ0) is 24.5. The molecule has 9 heteroatoms. The number of carbonyl (C=O) groups is 1. The van der Waals surface area contributed by atoms with Crippen molar-refractivity contribution in [3.05, 3.63) is 59.3 Å². The number of rotatable bonds is 6. The van der Waals surface area contributed by atoms with Gasteiger partial charge >= 0.3 is 0 Å². The number of phenolic OH excluding ortho intramolecular Hbond substituents is 1. The Morgan fingerprint density at radius 1 is 1.18 bits per heavy atom. The van der Waals surface area contributed by atoms with Crippen LogP contribution >= 0.6 is 0 Å². The molecule has 0 aliphatic carbocycles. The number of hydrogen-bond acceptors (Lipinski definition) is 5. The molecule has 1 saturated heterocycles. The first-order chi connectivity index (χ1) is 16.2. The SMILES string of the molecule is CCC1CCCCN1S(=O)(=O)c1ccc(NC(=O)c2cc(-c3cc(C)cc(C)c3O)n[nH]2)cc1. The number of piperidine rings is 1. The highest BCUT2D eigenvalue weighted by Crippen LogP contribution is 2.32. The number of aromatic hydroxyl groups is 1. The van der Waals surface area contributed by atoms with Crippen molar-refractivity contribution >= 4 is 21.6 Å². The van der Waals surface area contributed by atoms with Crippen molar-refractivity contribution in [2.75, 3.05) is 11.9 Å². The summed E-state index contributed by atoms with van der Waals surface area (Å²) in [7, 11) is -3.58. The minimum Gasteiger partial charge on any atom is -0.507 e. The van der Waals surface area contributed by atoms with E-state index in [1.807, 2.05) is 32.9 Å². The van der Waals surface area contributed by atoms with Crippen LogP contribution in [0.5, 0.6) is 5.75 Å². The monoisotopic (exact) mass is 482 g/mol. The zero-order valence-corrected chi connectivity index (χ0v) is 20.4. The highest BCUT2D eigenvalue weighted by Gasteiger charge is 2.32. The first-order valence-corrected chi connectivity index (χ1v) is 12.9. The molecule has 1 fully saturated rings. The molecular weight excluding hydrogens is 452 g/mol. The summed E-state index contributed by atoms with van der Waals surface area (Å²) in [6, 6.07) is 11.5. The molecule has 1 unspecified atom stereocenters. The summed E-state index contributed by atoms with van der Waals surface area (Å²) in [5, 5.41) is 20.0. The predicted molar refractivity (Wildman–Crippen MR) is 131 cm³/mol. The summed E-state index contributed by atoms with van der Waals surface area (Å²) in [4.78, 5) is 12.9. The van der Waals surface area contributed by atoms with Crippen LogP contribution in [0.2, 0.25) is 0 Å². The van der Waals surface area contributed by atoms with Gasteiger partial charge in [-0.25, -0.2) is 8.42 Å². The Hall–Kier alpha value is -3.17. The number of aryl methyl sites for hydroxylation is 2. The predicted octanol–water partition coefficient (Wildman–Crippen LogP) is 4.60. The van der Waals surface area contributed by atoms with E-state index in [0.29, 0.717) is 23.5 Å². The van der Waals surface area contributed by atoms with Gasteiger partial charge in [0.15, 0.2) is 0 Å². The second-order valence-electron chi connectivity index (χ2n) is 8.80. The topological polar surface area (TPSA) is 115 Å². The average Bonchev–Trinajstić information content (AvgIpc) is 3.32. The maximum Gasteiger partial charge on any atom is 0.273 e. The van der Waals surface area contributed by atoms with Crippen molar-refractivity contribution in [2.24, 2.45) is 0 Å². The average molecular weight is 483 g/mol. The molecule has 3 N–H and O–H groups in total. The van der Waals surface area contributed by atoms with E-state index in [4.69, 9.17) is 0 Å². The number of benzene rings is 2. The molecule has 0 spiro atoms. The third kappa shape index (κ3) is 4.71. The van der Waals surface area contributed by atoms with Crippen LogP contribution in [0.4, 0.5) is 5.69 Å². The molecule has 0 radical (unpaired) electrons. The van der Waals surface area contributed by atoms with Gasteiger partial charge in [-0.15, -0.1) is 0 Å². The number of carbonyl (C=O) groups excluding carboxylic acids is 1. The molecule has 4 rings (SSSR count). The van der Waals surface area contributed by atoms with Crippen LogP contribution in [0.1, 0.15) is 54.2 Å². The van der Waals surface area contributed by atoms with E-state index in [2.05, 4.69) is 15.5 Å². The lowest BCUT2D eigenvalue weighted by Crippen LogP contribution is -2.43. The Morgan fingerprint density at radius 3 is 2.62 bits per heavy atom. The number of aromatic nitrogens is 2. The molecule has 3 aromatic rings. The second-order valence-corrected chi connectivity index (χ2v) is 10.7. The Morgan fingerprint density at radius 2 is 1.91 bits per heavy atom. The maximum absolute atomic E-state index is 13.1. The van der Waals surface area contributed by atoms with Crippen LogP contribution in [0.15, 0.2) is 47.4 Å². The molecule has 34 heavy (non-hydrogen) atoms. The number of H-pyrrole nitrogens is 1. The van der Waals surface area contributed by atoms with Crippen molar-refractivity contribution in [3.63, 3.8) is 0 Å². The van der Waals surface area contributed by atoms with E-state index in [-0.39, 0.29) is 22.4 Å². The summed E-state index contributed by atoms with van der Waals surface area (Å²) in [5.41, 5.74) is 3.41. The number of nitrogens with zero attached hydrogens (tertiary/aromatic N) is 2. The third-order valence-electron chi connectivity index (χ3n) is 6.31. The van der Waals surface area contributed by atoms with Crippen molar-refractivity contribution < 1.29 is 18.3 Å². The molecule has 1 atom stereocenters. The summed E-state index contributed by atoms with van der Waals surface area (Å²) in [5.74, 6) is -0.292. The van der Waals surface area contributed by atoms with Gasteiger partial charge < -0.3 is 10.4 Å². The van der Waals surface area contributed by atoms with Gasteiger partial charge in [0.1, 0.15) is 11.4 Å². The van der Waals surface area contributed by atoms with Gasteiger partial charge in [0.05, 0.1) is 10.6 Å². The van der Waals surface area contributed by atoms with Gasteiger partial charge in [0.25, 0.3) is 5.91 Å². The van der Waals surface area contributed by atoms with E-state index in [1.54, 1.807) is 22.5 Å². The molecule has 2 heterocycles. The van der Waals surface area contributed by atoms with Gasteiger partial charge in [0.2, 0.25) is 10.0 Å². The van der Waals surface area contributed by atoms with Crippen LogP contribution in [0.25, 0.3) is 11.3 Å².